The van der Waals surface area contributed by atoms with Crippen LogP contribution in [0.15, 0.2) is 28.8 Å². The minimum atomic E-state index is 0.114. The number of ether oxygens (including phenoxy) is 2. The maximum Gasteiger partial charge on any atom is 0.236 e. The van der Waals surface area contributed by atoms with Crippen molar-refractivity contribution in [1.82, 2.24) is 19.9 Å². The Morgan fingerprint density at radius 1 is 1.28 bits per heavy atom. The molecule has 0 saturated carbocycles. The molecule has 0 spiro atoms. The molecule has 0 N–H and O–H groups in total. The maximum atomic E-state index is 12.6. The number of hydrogen-bond donors (Lipinski definition) is 0. The highest BCUT2D eigenvalue weighted by Gasteiger charge is 2.31. The minimum Gasteiger partial charge on any atom is -0.493 e. The molecular formula is C21H28N4O4. The number of aryl methyl sites for hydroxylation is 1. The van der Waals surface area contributed by atoms with E-state index in [-0.39, 0.29) is 11.8 Å². The molecule has 2 aliphatic heterocycles. The van der Waals surface area contributed by atoms with E-state index in [1.54, 1.807) is 0 Å². The zero-order valence-electron chi connectivity index (χ0n) is 16.9. The lowest BCUT2D eigenvalue weighted by atomic mass is 10.1. The summed E-state index contributed by atoms with van der Waals surface area (Å²) in [6.07, 6.45) is 1.44. The van der Waals surface area contributed by atoms with Crippen molar-refractivity contribution in [3.63, 3.8) is 0 Å². The van der Waals surface area contributed by atoms with Crippen molar-refractivity contribution < 1.29 is 18.8 Å². The molecule has 3 heterocycles. The third-order valence-electron chi connectivity index (χ3n) is 5.42. The van der Waals surface area contributed by atoms with E-state index in [0.717, 1.165) is 31.8 Å². The third kappa shape index (κ3) is 5.33. The van der Waals surface area contributed by atoms with Crippen molar-refractivity contribution in [3.05, 3.63) is 41.5 Å². The summed E-state index contributed by atoms with van der Waals surface area (Å²) in [5.41, 5.74) is 1.17. The van der Waals surface area contributed by atoms with Gasteiger partial charge in [0.05, 0.1) is 32.3 Å². The minimum absolute atomic E-state index is 0.114. The fourth-order valence-corrected chi connectivity index (χ4v) is 3.74. The van der Waals surface area contributed by atoms with Crippen LogP contribution in [0.1, 0.15) is 29.6 Å². The van der Waals surface area contributed by atoms with Gasteiger partial charge in [-0.2, -0.15) is 4.98 Å². The molecule has 1 aromatic heterocycles. The number of benzene rings is 1. The molecule has 2 aliphatic rings. The number of rotatable bonds is 7. The van der Waals surface area contributed by atoms with E-state index < -0.39 is 0 Å². The van der Waals surface area contributed by atoms with Crippen molar-refractivity contribution in [2.45, 2.75) is 25.7 Å². The third-order valence-corrected chi connectivity index (χ3v) is 5.42. The fraction of sp³-hybridized carbons (Fsp3) is 0.571. The summed E-state index contributed by atoms with van der Waals surface area (Å²) in [4.78, 5) is 21.1. The highest BCUT2D eigenvalue weighted by Crippen LogP contribution is 2.26. The van der Waals surface area contributed by atoms with Crippen LogP contribution < -0.4 is 4.74 Å². The Balaban J connectivity index is 1.23. The van der Waals surface area contributed by atoms with Crippen LogP contribution in [0.25, 0.3) is 0 Å². The van der Waals surface area contributed by atoms with Crippen LogP contribution in [-0.2, 0) is 16.0 Å². The Hall–Kier alpha value is -2.45. The molecule has 2 saturated heterocycles. The molecule has 4 rings (SSSR count). The molecule has 8 nitrogen and oxygen atoms in total. The van der Waals surface area contributed by atoms with E-state index in [9.17, 15) is 4.79 Å². The van der Waals surface area contributed by atoms with Gasteiger partial charge in [0.15, 0.2) is 5.82 Å². The van der Waals surface area contributed by atoms with Gasteiger partial charge in [0.1, 0.15) is 5.75 Å². The highest BCUT2D eigenvalue weighted by atomic mass is 16.5. The number of carbonyl (C=O) groups is 1. The lowest BCUT2D eigenvalue weighted by Gasteiger charge is -2.27. The normalized spacial score (nSPS) is 20.2. The summed E-state index contributed by atoms with van der Waals surface area (Å²) >= 11 is 0. The summed E-state index contributed by atoms with van der Waals surface area (Å²) in [5.74, 6) is 2.39. The van der Waals surface area contributed by atoms with E-state index in [2.05, 4.69) is 15.0 Å². The summed E-state index contributed by atoms with van der Waals surface area (Å²) in [5, 5.41) is 4.08. The van der Waals surface area contributed by atoms with Crippen LogP contribution in [0.3, 0.4) is 0 Å². The van der Waals surface area contributed by atoms with Crippen molar-refractivity contribution in [2.75, 3.05) is 52.5 Å². The predicted octanol–water partition coefficient (Wildman–Crippen LogP) is 1.65. The number of carbonyl (C=O) groups excluding carboxylic acids is 1. The molecule has 1 amide bonds. The molecule has 1 unspecified atom stereocenters. The van der Waals surface area contributed by atoms with Gasteiger partial charge < -0.3 is 18.9 Å². The van der Waals surface area contributed by atoms with Gasteiger partial charge in [0, 0.05) is 32.6 Å². The Morgan fingerprint density at radius 2 is 2.14 bits per heavy atom. The lowest BCUT2D eigenvalue weighted by molar-refractivity contribution is -0.132. The van der Waals surface area contributed by atoms with E-state index in [1.807, 2.05) is 36.1 Å². The van der Waals surface area contributed by atoms with Gasteiger partial charge in [0.25, 0.3) is 0 Å². The fourth-order valence-electron chi connectivity index (χ4n) is 3.74. The lowest BCUT2D eigenvalue weighted by Crippen LogP contribution is -2.44. The molecule has 0 bridgehead atoms. The molecule has 29 heavy (non-hydrogen) atoms. The smallest absolute Gasteiger partial charge is 0.236 e. The monoisotopic (exact) mass is 400 g/mol. The second-order valence-electron chi connectivity index (χ2n) is 7.68. The van der Waals surface area contributed by atoms with Crippen LogP contribution >= 0.6 is 0 Å². The SMILES string of the molecule is Cc1cccc(OCCc2noc(C3CCN(C(=O)CN4CCOCC4)C3)n2)c1. The number of hydrogen-bond acceptors (Lipinski definition) is 7. The molecular weight excluding hydrogens is 372 g/mol. The van der Waals surface area contributed by atoms with Gasteiger partial charge in [-0.25, -0.2) is 0 Å². The molecule has 1 atom stereocenters. The topological polar surface area (TPSA) is 80.9 Å². The van der Waals surface area contributed by atoms with Gasteiger partial charge in [-0.3, -0.25) is 9.69 Å². The van der Waals surface area contributed by atoms with Crippen LogP contribution in [0.5, 0.6) is 5.75 Å². The summed E-state index contributed by atoms with van der Waals surface area (Å²) in [7, 11) is 0. The van der Waals surface area contributed by atoms with E-state index >= 15 is 0 Å². The van der Waals surface area contributed by atoms with E-state index in [0.29, 0.717) is 51.0 Å². The van der Waals surface area contributed by atoms with Crippen LogP contribution in [0.4, 0.5) is 0 Å². The largest absolute Gasteiger partial charge is 0.493 e. The Kier molecular flexibility index (Phi) is 6.41. The van der Waals surface area contributed by atoms with Crippen LogP contribution in [-0.4, -0.2) is 78.4 Å². The zero-order valence-corrected chi connectivity index (χ0v) is 16.9. The van der Waals surface area contributed by atoms with Gasteiger partial charge in [-0.05, 0) is 31.0 Å². The number of nitrogens with zero attached hydrogens (tertiary/aromatic N) is 4. The molecule has 0 aliphatic carbocycles. The molecule has 2 fully saturated rings. The van der Waals surface area contributed by atoms with Gasteiger partial charge in [-0.1, -0.05) is 17.3 Å². The average molecular weight is 400 g/mol. The number of morpholine rings is 1. The van der Waals surface area contributed by atoms with Crippen molar-refractivity contribution in [1.29, 1.82) is 0 Å². The van der Waals surface area contributed by atoms with E-state index in [4.69, 9.17) is 14.0 Å². The molecule has 156 valence electrons. The average Bonchev–Trinajstić information content (AvgIpc) is 3.38. The van der Waals surface area contributed by atoms with Gasteiger partial charge in [-0.15, -0.1) is 0 Å². The van der Waals surface area contributed by atoms with Crippen molar-refractivity contribution in [2.24, 2.45) is 0 Å². The first-order valence-electron chi connectivity index (χ1n) is 10.3. The Morgan fingerprint density at radius 3 is 2.97 bits per heavy atom. The number of likely N-dealkylation sites (tertiary alicyclic amines) is 1. The second-order valence-corrected chi connectivity index (χ2v) is 7.68. The van der Waals surface area contributed by atoms with Gasteiger partial charge >= 0.3 is 0 Å². The summed E-state index contributed by atoms with van der Waals surface area (Å²) < 4.78 is 16.6. The maximum absolute atomic E-state index is 12.6. The Bertz CT molecular complexity index is 819. The first-order valence-corrected chi connectivity index (χ1v) is 10.3. The Labute approximate surface area is 170 Å². The molecule has 2 aromatic rings. The zero-order chi connectivity index (χ0) is 20.1. The molecule has 1 aromatic carbocycles. The predicted molar refractivity (Wildman–Crippen MR) is 106 cm³/mol. The summed E-state index contributed by atoms with van der Waals surface area (Å²) in [6.45, 7) is 7.42. The first kappa shape index (κ1) is 19.8. The first-order chi connectivity index (χ1) is 14.2. The number of amides is 1. The molecule has 0 radical (unpaired) electrons. The standard InChI is InChI=1S/C21H28N4O4/c1-16-3-2-4-18(13-16)28-10-6-19-22-21(29-23-19)17-5-7-25(14-17)20(26)15-24-8-11-27-12-9-24/h2-4,13,17H,5-12,14-15H2,1H3. The van der Waals surface area contributed by atoms with Gasteiger partial charge in [0.2, 0.25) is 11.8 Å². The van der Waals surface area contributed by atoms with Crippen LogP contribution in [0.2, 0.25) is 0 Å². The van der Waals surface area contributed by atoms with Crippen molar-refractivity contribution in [3.8, 4) is 5.75 Å². The number of aromatic nitrogens is 2. The second kappa shape index (κ2) is 9.37. The molecule has 8 heteroatoms. The quantitative estimate of drug-likeness (QED) is 0.699. The summed E-state index contributed by atoms with van der Waals surface area (Å²) in [6, 6.07) is 7.95. The van der Waals surface area contributed by atoms with Crippen molar-refractivity contribution >= 4 is 5.91 Å². The van der Waals surface area contributed by atoms with Crippen LogP contribution in [0, 0.1) is 6.92 Å². The van der Waals surface area contributed by atoms with E-state index in [1.165, 1.54) is 5.56 Å². The highest BCUT2D eigenvalue weighted by molar-refractivity contribution is 5.78.